The number of nitrogens with one attached hydrogen (secondary N) is 2. The Morgan fingerprint density at radius 3 is 2.53 bits per heavy atom. The van der Waals surface area contributed by atoms with Crippen molar-refractivity contribution in [3.05, 3.63) is 0 Å². The number of amides is 1. The van der Waals surface area contributed by atoms with Crippen molar-refractivity contribution in [3.8, 4) is 0 Å². The molecule has 0 spiro atoms. The molecule has 0 rings (SSSR count). The lowest BCUT2D eigenvalue weighted by molar-refractivity contribution is -0.121. The maximum atomic E-state index is 11.5. The quantitative estimate of drug-likeness (QED) is 0.615. The molecule has 0 fully saturated rings. The highest BCUT2D eigenvalue weighted by Crippen LogP contribution is 2.12. The van der Waals surface area contributed by atoms with Gasteiger partial charge in [-0.15, -0.1) is 0 Å². The van der Waals surface area contributed by atoms with Crippen LogP contribution in [-0.4, -0.2) is 36.4 Å². The van der Waals surface area contributed by atoms with Crippen LogP contribution in [0.5, 0.6) is 0 Å². The molecule has 17 heavy (non-hydrogen) atoms. The number of carbonyl (C=O) groups is 2. The van der Waals surface area contributed by atoms with E-state index in [2.05, 4.69) is 10.6 Å². The summed E-state index contributed by atoms with van der Waals surface area (Å²) in [6.07, 6.45) is 1.37. The van der Waals surface area contributed by atoms with Crippen LogP contribution in [0.25, 0.3) is 0 Å². The number of carbonyl (C=O) groups excluding carboxylic acids is 2. The number of hydrogen-bond acceptors (Lipinski definition) is 4. The Balaban J connectivity index is 3.44. The topological polar surface area (TPSA) is 58.2 Å². The molecule has 1 atom stereocenters. The van der Waals surface area contributed by atoms with Gasteiger partial charge in [-0.2, -0.15) is 0 Å². The number of rotatable bonds is 9. The summed E-state index contributed by atoms with van der Waals surface area (Å²) in [6.45, 7) is 8.11. The van der Waals surface area contributed by atoms with E-state index in [-0.39, 0.29) is 16.9 Å². The van der Waals surface area contributed by atoms with E-state index >= 15 is 0 Å². The van der Waals surface area contributed by atoms with E-state index in [0.29, 0.717) is 25.3 Å². The summed E-state index contributed by atoms with van der Waals surface area (Å²) in [4.78, 5) is 22.8. The molecule has 0 bridgehead atoms. The minimum absolute atomic E-state index is 0.0440. The fourth-order valence-corrected chi connectivity index (χ4v) is 1.97. The summed E-state index contributed by atoms with van der Waals surface area (Å²) in [5, 5.41) is 6.11. The zero-order valence-electron chi connectivity index (χ0n) is 11.0. The molecule has 0 heterocycles. The second-order valence-electron chi connectivity index (χ2n) is 3.93. The molecule has 0 aromatic heterocycles. The highest BCUT2D eigenvalue weighted by atomic mass is 32.2. The summed E-state index contributed by atoms with van der Waals surface area (Å²) >= 11 is 1.31. The van der Waals surface area contributed by atoms with E-state index in [9.17, 15) is 9.59 Å². The Morgan fingerprint density at radius 1 is 1.24 bits per heavy atom. The molecular weight excluding hydrogens is 236 g/mol. The summed E-state index contributed by atoms with van der Waals surface area (Å²) in [7, 11) is 0. The van der Waals surface area contributed by atoms with Crippen molar-refractivity contribution in [3.63, 3.8) is 0 Å². The molecule has 1 unspecified atom stereocenters. The molecule has 0 aliphatic carbocycles. The largest absolute Gasteiger partial charge is 0.355 e. The van der Waals surface area contributed by atoms with Gasteiger partial charge in [-0.25, -0.2) is 0 Å². The van der Waals surface area contributed by atoms with E-state index in [4.69, 9.17) is 0 Å². The van der Waals surface area contributed by atoms with E-state index in [0.717, 1.165) is 13.0 Å². The van der Waals surface area contributed by atoms with Crippen LogP contribution in [0.15, 0.2) is 0 Å². The van der Waals surface area contributed by atoms with Crippen LogP contribution < -0.4 is 10.6 Å². The average Bonchev–Trinajstić information content (AvgIpc) is 2.33. The van der Waals surface area contributed by atoms with Crippen molar-refractivity contribution in [2.24, 2.45) is 5.92 Å². The summed E-state index contributed by atoms with van der Waals surface area (Å²) in [5.41, 5.74) is 0. The van der Waals surface area contributed by atoms with Gasteiger partial charge in [0.25, 0.3) is 0 Å². The fourth-order valence-electron chi connectivity index (χ4n) is 1.12. The first-order valence-corrected chi connectivity index (χ1v) is 7.24. The molecule has 4 nitrogen and oxygen atoms in total. The lowest BCUT2D eigenvalue weighted by Gasteiger charge is -2.07. The Kier molecular flexibility index (Phi) is 10.3. The molecule has 100 valence electrons. The van der Waals surface area contributed by atoms with E-state index in [1.54, 1.807) is 0 Å². The van der Waals surface area contributed by atoms with E-state index in [1.165, 1.54) is 11.8 Å². The smallest absolute Gasteiger partial charge is 0.221 e. The molecule has 0 saturated heterocycles. The SMILES string of the molecule is CCNCCC(=O)NCCSC(=O)C(C)CC. The van der Waals surface area contributed by atoms with Gasteiger partial charge in [0.1, 0.15) is 0 Å². The van der Waals surface area contributed by atoms with Crippen molar-refractivity contribution < 1.29 is 9.59 Å². The molecule has 0 aliphatic heterocycles. The zero-order valence-corrected chi connectivity index (χ0v) is 11.9. The van der Waals surface area contributed by atoms with Gasteiger partial charge in [0.05, 0.1) is 0 Å². The van der Waals surface area contributed by atoms with Crippen LogP contribution in [0.1, 0.15) is 33.6 Å². The molecule has 0 saturated carbocycles. The Morgan fingerprint density at radius 2 is 1.94 bits per heavy atom. The first-order valence-electron chi connectivity index (χ1n) is 6.25. The van der Waals surface area contributed by atoms with Crippen molar-refractivity contribution >= 4 is 22.8 Å². The van der Waals surface area contributed by atoms with Crippen molar-refractivity contribution in [1.29, 1.82) is 0 Å². The van der Waals surface area contributed by atoms with Crippen LogP contribution >= 0.6 is 11.8 Å². The molecule has 1 amide bonds. The van der Waals surface area contributed by atoms with Gasteiger partial charge in [-0.1, -0.05) is 32.5 Å². The average molecular weight is 260 g/mol. The lowest BCUT2D eigenvalue weighted by atomic mass is 10.1. The van der Waals surface area contributed by atoms with Gasteiger partial charge < -0.3 is 10.6 Å². The van der Waals surface area contributed by atoms with Gasteiger partial charge >= 0.3 is 0 Å². The molecule has 0 radical (unpaired) electrons. The minimum Gasteiger partial charge on any atom is -0.355 e. The Labute approximate surface area is 108 Å². The molecular formula is C12H24N2O2S. The van der Waals surface area contributed by atoms with Crippen LogP contribution in [0.4, 0.5) is 0 Å². The fraction of sp³-hybridized carbons (Fsp3) is 0.833. The van der Waals surface area contributed by atoms with Gasteiger partial charge in [-0.3, -0.25) is 9.59 Å². The number of hydrogen-bond donors (Lipinski definition) is 2. The third-order valence-corrected chi connectivity index (χ3v) is 3.56. The second kappa shape index (κ2) is 10.6. The first-order chi connectivity index (χ1) is 8.11. The van der Waals surface area contributed by atoms with E-state index in [1.807, 2.05) is 20.8 Å². The van der Waals surface area contributed by atoms with Gasteiger partial charge in [-0.05, 0) is 13.0 Å². The standard InChI is InChI=1S/C12H24N2O2S/c1-4-10(3)12(16)17-9-8-14-11(15)6-7-13-5-2/h10,13H,4-9H2,1-3H3,(H,14,15). The van der Waals surface area contributed by atoms with Crippen LogP contribution in [0, 0.1) is 5.92 Å². The maximum absolute atomic E-state index is 11.5. The third-order valence-electron chi connectivity index (χ3n) is 2.46. The van der Waals surface area contributed by atoms with Crippen molar-refractivity contribution in [2.45, 2.75) is 33.6 Å². The molecule has 0 aromatic carbocycles. The second-order valence-corrected chi connectivity index (χ2v) is 5.03. The highest BCUT2D eigenvalue weighted by Gasteiger charge is 2.10. The normalized spacial score (nSPS) is 12.2. The predicted octanol–water partition coefficient (Wildman–Crippen LogP) is 1.41. The number of thioether (sulfide) groups is 1. The lowest BCUT2D eigenvalue weighted by Crippen LogP contribution is -2.29. The Hall–Kier alpha value is -0.550. The van der Waals surface area contributed by atoms with Crippen LogP contribution in [-0.2, 0) is 9.59 Å². The zero-order chi connectivity index (χ0) is 13.1. The Bertz CT molecular complexity index is 235. The molecule has 0 aromatic rings. The molecule has 5 heteroatoms. The predicted molar refractivity (Wildman–Crippen MR) is 73.1 cm³/mol. The van der Waals surface area contributed by atoms with Crippen LogP contribution in [0.3, 0.4) is 0 Å². The molecule has 2 N–H and O–H groups in total. The minimum atomic E-state index is 0.0440. The molecule has 0 aliphatic rings. The van der Waals surface area contributed by atoms with E-state index < -0.39 is 0 Å². The maximum Gasteiger partial charge on any atom is 0.221 e. The monoisotopic (exact) mass is 260 g/mol. The van der Waals surface area contributed by atoms with Crippen molar-refractivity contribution in [1.82, 2.24) is 10.6 Å². The summed E-state index contributed by atoms with van der Waals surface area (Å²) < 4.78 is 0. The van der Waals surface area contributed by atoms with Crippen LogP contribution in [0.2, 0.25) is 0 Å². The summed E-state index contributed by atoms with van der Waals surface area (Å²) in [5.74, 6) is 0.822. The first kappa shape index (κ1) is 16.4. The van der Waals surface area contributed by atoms with Crippen molar-refractivity contribution in [2.75, 3.05) is 25.4 Å². The third kappa shape index (κ3) is 9.18. The van der Waals surface area contributed by atoms with Gasteiger partial charge in [0.15, 0.2) is 5.12 Å². The highest BCUT2D eigenvalue weighted by molar-refractivity contribution is 8.13. The summed E-state index contributed by atoms with van der Waals surface area (Å²) in [6, 6.07) is 0. The van der Waals surface area contributed by atoms with Gasteiger partial charge in [0, 0.05) is 31.2 Å². The van der Waals surface area contributed by atoms with Gasteiger partial charge in [0.2, 0.25) is 5.91 Å².